The number of amides is 1. The van der Waals surface area contributed by atoms with Crippen molar-refractivity contribution in [1.29, 1.82) is 0 Å². The molecule has 4 heteroatoms. The summed E-state index contributed by atoms with van der Waals surface area (Å²) in [6, 6.07) is 0.211. The zero-order valence-electron chi connectivity index (χ0n) is 12.2. The van der Waals surface area contributed by atoms with Crippen LogP contribution in [0.2, 0.25) is 0 Å². The van der Waals surface area contributed by atoms with Crippen LogP contribution in [-0.4, -0.2) is 29.9 Å². The first-order valence-corrected chi connectivity index (χ1v) is 6.54. The Bertz CT molecular complexity index is 219. The molecule has 2 unspecified atom stereocenters. The number of carbonyl (C=O) groups excluding carboxylic acids is 1. The van der Waals surface area contributed by atoms with Crippen LogP contribution in [0.1, 0.15) is 41.5 Å². The fraction of sp³-hybridized carbons (Fsp3) is 0.923. The SMILES string of the molecule is CC(C)CN(CC(C)C)C(C)C(C)C(=O)NN. The van der Waals surface area contributed by atoms with Crippen molar-refractivity contribution < 1.29 is 4.79 Å². The molecule has 4 nitrogen and oxygen atoms in total. The molecule has 0 aromatic carbocycles. The molecule has 0 fully saturated rings. The van der Waals surface area contributed by atoms with E-state index in [-0.39, 0.29) is 17.9 Å². The zero-order chi connectivity index (χ0) is 13.6. The molecule has 0 radical (unpaired) electrons. The van der Waals surface area contributed by atoms with Gasteiger partial charge in [0.1, 0.15) is 0 Å². The van der Waals surface area contributed by atoms with Gasteiger partial charge < -0.3 is 0 Å². The summed E-state index contributed by atoms with van der Waals surface area (Å²) in [6.45, 7) is 14.9. The topological polar surface area (TPSA) is 58.4 Å². The standard InChI is InChI=1S/C13H29N3O/c1-9(2)7-16(8-10(3)4)12(6)11(5)13(17)15-14/h9-12H,7-8,14H2,1-6H3,(H,15,17). The first-order chi connectivity index (χ1) is 7.79. The van der Waals surface area contributed by atoms with Crippen molar-refractivity contribution in [3.05, 3.63) is 0 Å². The van der Waals surface area contributed by atoms with Crippen molar-refractivity contribution in [1.82, 2.24) is 10.3 Å². The Morgan fingerprint density at radius 1 is 1.06 bits per heavy atom. The van der Waals surface area contributed by atoms with Crippen LogP contribution in [0.15, 0.2) is 0 Å². The van der Waals surface area contributed by atoms with Gasteiger partial charge in [-0.05, 0) is 18.8 Å². The van der Waals surface area contributed by atoms with E-state index in [4.69, 9.17) is 5.84 Å². The highest BCUT2D eigenvalue weighted by Gasteiger charge is 2.25. The van der Waals surface area contributed by atoms with Gasteiger partial charge in [-0.2, -0.15) is 0 Å². The van der Waals surface area contributed by atoms with Crippen LogP contribution >= 0.6 is 0 Å². The Kier molecular flexibility index (Phi) is 7.39. The largest absolute Gasteiger partial charge is 0.299 e. The van der Waals surface area contributed by atoms with Gasteiger partial charge in [-0.25, -0.2) is 5.84 Å². The van der Waals surface area contributed by atoms with E-state index in [2.05, 4.69) is 44.9 Å². The first-order valence-electron chi connectivity index (χ1n) is 6.54. The van der Waals surface area contributed by atoms with Gasteiger partial charge in [0, 0.05) is 19.1 Å². The highest BCUT2D eigenvalue weighted by atomic mass is 16.2. The van der Waals surface area contributed by atoms with Gasteiger partial charge in [0.05, 0.1) is 5.92 Å². The fourth-order valence-electron chi connectivity index (χ4n) is 2.01. The second-order valence-corrected chi connectivity index (χ2v) is 5.78. The number of nitrogens with one attached hydrogen (secondary N) is 1. The van der Waals surface area contributed by atoms with E-state index < -0.39 is 0 Å². The first kappa shape index (κ1) is 16.4. The maximum Gasteiger partial charge on any atom is 0.238 e. The summed E-state index contributed by atoms with van der Waals surface area (Å²) in [5.74, 6) is 6.22. The lowest BCUT2D eigenvalue weighted by molar-refractivity contribution is -0.126. The maximum absolute atomic E-state index is 11.6. The van der Waals surface area contributed by atoms with E-state index in [0.717, 1.165) is 13.1 Å². The Labute approximate surface area is 106 Å². The molecule has 0 aromatic rings. The molecule has 0 bridgehead atoms. The second kappa shape index (κ2) is 7.67. The van der Waals surface area contributed by atoms with E-state index in [0.29, 0.717) is 11.8 Å². The van der Waals surface area contributed by atoms with E-state index in [1.54, 1.807) is 0 Å². The van der Waals surface area contributed by atoms with Crippen molar-refractivity contribution in [3.8, 4) is 0 Å². The van der Waals surface area contributed by atoms with Crippen molar-refractivity contribution >= 4 is 5.91 Å². The minimum atomic E-state index is -0.0880. The molecule has 0 aliphatic carbocycles. The molecule has 0 heterocycles. The van der Waals surface area contributed by atoms with Gasteiger partial charge in [-0.15, -0.1) is 0 Å². The average molecular weight is 243 g/mol. The third-order valence-corrected chi connectivity index (χ3v) is 3.05. The van der Waals surface area contributed by atoms with Crippen LogP contribution in [-0.2, 0) is 4.79 Å². The lowest BCUT2D eigenvalue weighted by Crippen LogP contribution is -2.48. The smallest absolute Gasteiger partial charge is 0.238 e. The fourth-order valence-corrected chi connectivity index (χ4v) is 2.01. The quantitative estimate of drug-likeness (QED) is 0.406. The summed E-state index contributed by atoms with van der Waals surface area (Å²) < 4.78 is 0. The normalized spacial score (nSPS) is 15.4. The highest BCUT2D eigenvalue weighted by molar-refractivity contribution is 5.78. The van der Waals surface area contributed by atoms with Crippen LogP contribution in [0.5, 0.6) is 0 Å². The molecule has 0 spiro atoms. The van der Waals surface area contributed by atoms with E-state index in [1.807, 2.05) is 6.92 Å². The third-order valence-electron chi connectivity index (χ3n) is 3.05. The number of carbonyl (C=O) groups is 1. The van der Waals surface area contributed by atoms with Crippen LogP contribution in [0.3, 0.4) is 0 Å². The van der Waals surface area contributed by atoms with E-state index >= 15 is 0 Å². The molecular weight excluding hydrogens is 214 g/mol. The van der Waals surface area contributed by atoms with Crippen molar-refractivity contribution in [2.24, 2.45) is 23.6 Å². The number of nitrogens with zero attached hydrogens (tertiary/aromatic N) is 1. The van der Waals surface area contributed by atoms with Gasteiger partial charge >= 0.3 is 0 Å². The molecule has 0 aromatic heterocycles. The summed E-state index contributed by atoms with van der Waals surface area (Å²) in [7, 11) is 0. The van der Waals surface area contributed by atoms with Crippen molar-refractivity contribution in [2.75, 3.05) is 13.1 Å². The molecule has 0 saturated carbocycles. The molecule has 0 rings (SSSR count). The minimum Gasteiger partial charge on any atom is -0.299 e. The lowest BCUT2D eigenvalue weighted by Gasteiger charge is -2.34. The van der Waals surface area contributed by atoms with Crippen LogP contribution in [0.4, 0.5) is 0 Å². The predicted octanol–water partition coefficient (Wildman–Crippen LogP) is 1.61. The monoisotopic (exact) mass is 243 g/mol. The third kappa shape index (κ3) is 6.03. The minimum absolute atomic E-state index is 0.0856. The number of hydrazine groups is 1. The summed E-state index contributed by atoms with van der Waals surface area (Å²) >= 11 is 0. The van der Waals surface area contributed by atoms with Crippen molar-refractivity contribution in [2.45, 2.75) is 47.6 Å². The van der Waals surface area contributed by atoms with Crippen LogP contribution in [0.25, 0.3) is 0 Å². The summed E-state index contributed by atoms with van der Waals surface area (Å²) in [5.41, 5.74) is 2.24. The number of hydrogen-bond acceptors (Lipinski definition) is 3. The second-order valence-electron chi connectivity index (χ2n) is 5.78. The molecule has 3 N–H and O–H groups in total. The molecule has 2 atom stereocenters. The molecule has 0 aliphatic heterocycles. The molecule has 0 saturated heterocycles. The molecular formula is C13H29N3O. The van der Waals surface area contributed by atoms with Gasteiger partial charge in [0.2, 0.25) is 5.91 Å². The average Bonchev–Trinajstić information content (AvgIpc) is 2.23. The maximum atomic E-state index is 11.6. The number of nitrogens with two attached hydrogens (primary N) is 1. The predicted molar refractivity (Wildman–Crippen MR) is 72.2 cm³/mol. The van der Waals surface area contributed by atoms with E-state index in [1.165, 1.54) is 0 Å². The van der Waals surface area contributed by atoms with Gasteiger partial charge in [-0.1, -0.05) is 34.6 Å². The van der Waals surface area contributed by atoms with Crippen LogP contribution < -0.4 is 11.3 Å². The lowest BCUT2D eigenvalue weighted by atomic mass is 9.99. The number of hydrogen-bond donors (Lipinski definition) is 2. The molecule has 1 amide bonds. The Morgan fingerprint density at radius 3 is 1.76 bits per heavy atom. The zero-order valence-corrected chi connectivity index (χ0v) is 12.2. The molecule has 17 heavy (non-hydrogen) atoms. The summed E-state index contributed by atoms with van der Waals surface area (Å²) in [6.07, 6.45) is 0. The van der Waals surface area contributed by atoms with E-state index in [9.17, 15) is 4.79 Å². The van der Waals surface area contributed by atoms with Gasteiger partial charge in [0.15, 0.2) is 0 Å². The van der Waals surface area contributed by atoms with Gasteiger partial charge in [-0.3, -0.25) is 15.1 Å². The Hall–Kier alpha value is -0.610. The van der Waals surface area contributed by atoms with Crippen molar-refractivity contribution in [3.63, 3.8) is 0 Å². The Balaban J connectivity index is 4.60. The Morgan fingerprint density at radius 2 is 1.47 bits per heavy atom. The van der Waals surface area contributed by atoms with Gasteiger partial charge in [0.25, 0.3) is 0 Å². The highest BCUT2D eigenvalue weighted by Crippen LogP contribution is 2.15. The molecule has 102 valence electrons. The summed E-state index contributed by atoms with van der Waals surface area (Å²) in [4.78, 5) is 14.0. The van der Waals surface area contributed by atoms with Crippen LogP contribution in [0, 0.1) is 17.8 Å². The summed E-state index contributed by atoms with van der Waals surface area (Å²) in [5, 5.41) is 0. The molecule has 0 aliphatic rings. The number of rotatable bonds is 7.